The summed E-state index contributed by atoms with van der Waals surface area (Å²) in [4.78, 5) is 11.2. The Bertz CT molecular complexity index is 493. The van der Waals surface area contributed by atoms with Gasteiger partial charge in [-0.25, -0.2) is 4.79 Å². The Morgan fingerprint density at radius 3 is 2.11 bits per heavy atom. The molecule has 0 saturated carbocycles. The first-order chi connectivity index (χ1) is 8.44. The van der Waals surface area contributed by atoms with Crippen LogP contribution in [0.15, 0.2) is 12.1 Å². The lowest BCUT2D eigenvalue weighted by Gasteiger charge is -2.33. The van der Waals surface area contributed by atoms with Gasteiger partial charge in [0.1, 0.15) is 5.75 Å². The van der Waals surface area contributed by atoms with Gasteiger partial charge in [-0.15, -0.1) is 0 Å². The Morgan fingerprint density at radius 1 is 1.16 bits per heavy atom. The number of benzene rings is 1. The van der Waals surface area contributed by atoms with E-state index in [1.165, 1.54) is 0 Å². The topological polar surface area (TPSA) is 57.5 Å². The molecule has 1 aromatic carbocycles. The van der Waals surface area contributed by atoms with Crippen molar-refractivity contribution in [3.63, 3.8) is 0 Å². The van der Waals surface area contributed by atoms with Crippen molar-refractivity contribution in [2.24, 2.45) is 5.41 Å². The van der Waals surface area contributed by atoms with E-state index in [1.54, 1.807) is 19.1 Å². The van der Waals surface area contributed by atoms with Crippen LogP contribution in [0.2, 0.25) is 0 Å². The predicted molar refractivity (Wildman–Crippen MR) is 76.9 cm³/mol. The summed E-state index contributed by atoms with van der Waals surface area (Å²) in [5.41, 5.74) is 1.37. The number of phenolic OH excluding ortho intramolecular Hbond substituents is 1. The van der Waals surface area contributed by atoms with Crippen molar-refractivity contribution in [1.82, 2.24) is 0 Å². The van der Waals surface area contributed by atoms with Crippen molar-refractivity contribution in [1.29, 1.82) is 0 Å². The van der Waals surface area contributed by atoms with Crippen molar-refractivity contribution in [2.45, 2.75) is 53.4 Å². The standard InChI is InChI=1S/C16H24O3/c1-10-7-13(17)12(8-11(10)14(18)19)16(5,6)9-15(2,3)4/h7-8,17H,9H2,1-6H3,(H,18,19). The summed E-state index contributed by atoms with van der Waals surface area (Å²) in [6.07, 6.45) is 0.857. The first-order valence-corrected chi connectivity index (χ1v) is 6.51. The maximum Gasteiger partial charge on any atom is 0.335 e. The third kappa shape index (κ3) is 3.72. The molecule has 106 valence electrons. The number of carboxylic acid groups (broad SMARTS) is 1. The highest BCUT2D eigenvalue weighted by molar-refractivity contribution is 5.90. The molecule has 1 rings (SSSR count). The maximum absolute atomic E-state index is 11.2. The van der Waals surface area contributed by atoms with Crippen LogP contribution in [0.5, 0.6) is 5.75 Å². The minimum absolute atomic E-state index is 0.101. The van der Waals surface area contributed by atoms with Gasteiger partial charge >= 0.3 is 5.97 Å². The van der Waals surface area contributed by atoms with Gasteiger partial charge in [-0.05, 0) is 41.9 Å². The molecule has 0 heterocycles. The molecule has 3 heteroatoms. The van der Waals surface area contributed by atoms with Gasteiger partial charge in [0.2, 0.25) is 0 Å². The summed E-state index contributed by atoms with van der Waals surface area (Å²) in [5, 5.41) is 19.3. The number of carbonyl (C=O) groups is 1. The van der Waals surface area contributed by atoms with Crippen LogP contribution in [0.1, 0.15) is 62.5 Å². The summed E-state index contributed by atoms with van der Waals surface area (Å²) in [6, 6.07) is 3.15. The first-order valence-electron chi connectivity index (χ1n) is 6.51. The second-order valence-electron chi connectivity index (χ2n) is 7.11. The van der Waals surface area contributed by atoms with Crippen LogP contribution in [-0.2, 0) is 5.41 Å². The summed E-state index contributed by atoms with van der Waals surface area (Å²) in [7, 11) is 0. The SMILES string of the molecule is Cc1cc(O)c(C(C)(C)CC(C)(C)C)cc1C(=O)O. The van der Waals surface area contributed by atoms with Gasteiger partial charge in [0.15, 0.2) is 0 Å². The minimum Gasteiger partial charge on any atom is -0.508 e. The number of carboxylic acids is 1. The summed E-state index contributed by atoms with van der Waals surface area (Å²) < 4.78 is 0. The molecule has 2 N–H and O–H groups in total. The maximum atomic E-state index is 11.2. The van der Waals surface area contributed by atoms with Gasteiger partial charge < -0.3 is 10.2 Å². The quantitative estimate of drug-likeness (QED) is 0.863. The lowest BCUT2D eigenvalue weighted by molar-refractivity contribution is 0.0696. The van der Waals surface area contributed by atoms with E-state index in [0.29, 0.717) is 11.1 Å². The summed E-state index contributed by atoms with van der Waals surface area (Å²) >= 11 is 0. The van der Waals surface area contributed by atoms with E-state index in [4.69, 9.17) is 0 Å². The van der Waals surface area contributed by atoms with Crippen LogP contribution in [0, 0.1) is 12.3 Å². The average molecular weight is 264 g/mol. The van der Waals surface area contributed by atoms with Gasteiger partial charge in [-0.1, -0.05) is 34.6 Å². The van der Waals surface area contributed by atoms with Crippen molar-refractivity contribution in [2.75, 3.05) is 0 Å². The van der Waals surface area contributed by atoms with E-state index in [9.17, 15) is 15.0 Å². The number of rotatable bonds is 3. The van der Waals surface area contributed by atoms with Gasteiger partial charge in [0, 0.05) is 5.56 Å². The van der Waals surface area contributed by atoms with Crippen molar-refractivity contribution >= 4 is 5.97 Å². The molecule has 0 amide bonds. The fourth-order valence-corrected chi connectivity index (χ4v) is 2.89. The lowest BCUT2D eigenvalue weighted by Crippen LogP contribution is -2.25. The molecular formula is C16H24O3. The van der Waals surface area contributed by atoms with E-state index in [-0.39, 0.29) is 22.1 Å². The molecule has 0 unspecified atom stereocenters. The van der Waals surface area contributed by atoms with E-state index in [0.717, 1.165) is 6.42 Å². The smallest absolute Gasteiger partial charge is 0.335 e. The van der Waals surface area contributed by atoms with Crippen LogP contribution in [0.4, 0.5) is 0 Å². The number of hydrogen-bond donors (Lipinski definition) is 2. The normalized spacial score (nSPS) is 12.5. The van der Waals surface area contributed by atoms with E-state index in [2.05, 4.69) is 20.8 Å². The Labute approximate surface area is 115 Å². The predicted octanol–water partition coefficient (Wildman–Crippen LogP) is 4.11. The third-order valence-corrected chi connectivity index (χ3v) is 3.27. The number of aryl methyl sites for hydroxylation is 1. The van der Waals surface area contributed by atoms with Crippen LogP contribution in [0.25, 0.3) is 0 Å². The Morgan fingerprint density at radius 2 is 1.68 bits per heavy atom. The molecule has 0 atom stereocenters. The zero-order valence-corrected chi connectivity index (χ0v) is 12.7. The highest BCUT2D eigenvalue weighted by atomic mass is 16.4. The third-order valence-electron chi connectivity index (χ3n) is 3.27. The van der Waals surface area contributed by atoms with Gasteiger partial charge in [-0.2, -0.15) is 0 Å². The second-order valence-corrected chi connectivity index (χ2v) is 7.11. The number of hydrogen-bond acceptors (Lipinski definition) is 2. The fraction of sp³-hybridized carbons (Fsp3) is 0.562. The Kier molecular flexibility index (Phi) is 3.99. The summed E-state index contributed by atoms with van der Waals surface area (Å²) in [6.45, 7) is 12.2. The van der Waals surface area contributed by atoms with Crippen LogP contribution < -0.4 is 0 Å². The minimum atomic E-state index is -0.953. The monoisotopic (exact) mass is 264 g/mol. The number of phenols is 1. The van der Waals surface area contributed by atoms with Gasteiger partial charge in [0.25, 0.3) is 0 Å². The Hall–Kier alpha value is -1.51. The molecule has 0 aromatic heterocycles. The van der Waals surface area contributed by atoms with E-state index < -0.39 is 5.97 Å². The molecule has 1 aromatic rings. The van der Waals surface area contributed by atoms with E-state index >= 15 is 0 Å². The Balaban J connectivity index is 3.34. The molecule has 3 nitrogen and oxygen atoms in total. The largest absolute Gasteiger partial charge is 0.508 e. The highest BCUT2D eigenvalue weighted by Gasteiger charge is 2.30. The van der Waals surface area contributed by atoms with Crippen LogP contribution in [-0.4, -0.2) is 16.2 Å². The molecule has 0 aliphatic heterocycles. The lowest BCUT2D eigenvalue weighted by atomic mass is 9.71. The molecule has 0 bridgehead atoms. The van der Waals surface area contributed by atoms with Crippen molar-refractivity contribution in [3.8, 4) is 5.75 Å². The second kappa shape index (κ2) is 4.87. The molecule has 0 aliphatic carbocycles. The number of aromatic hydroxyl groups is 1. The molecule has 0 aliphatic rings. The molecule has 0 saturated heterocycles. The zero-order valence-electron chi connectivity index (χ0n) is 12.7. The molecule has 0 radical (unpaired) electrons. The van der Waals surface area contributed by atoms with Crippen LogP contribution in [0.3, 0.4) is 0 Å². The van der Waals surface area contributed by atoms with Crippen molar-refractivity contribution in [3.05, 3.63) is 28.8 Å². The molecule has 0 spiro atoms. The van der Waals surface area contributed by atoms with Gasteiger partial charge in [-0.3, -0.25) is 0 Å². The first kappa shape index (κ1) is 15.5. The summed E-state index contributed by atoms with van der Waals surface area (Å²) in [5.74, 6) is -0.776. The fourth-order valence-electron chi connectivity index (χ4n) is 2.89. The van der Waals surface area contributed by atoms with Gasteiger partial charge in [0.05, 0.1) is 5.56 Å². The molecular weight excluding hydrogens is 240 g/mol. The highest BCUT2D eigenvalue weighted by Crippen LogP contribution is 2.40. The average Bonchev–Trinajstić information content (AvgIpc) is 2.11. The van der Waals surface area contributed by atoms with E-state index in [1.807, 2.05) is 13.8 Å². The molecule has 19 heavy (non-hydrogen) atoms. The molecule has 0 fully saturated rings. The van der Waals surface area contributed by atoms with Crippen molar-refractivity contribution < 1.29 is 15.0 Å². The van der Waals surface area contributed by atoms with Crippen LogP contribution >= 0.6 is 0 Å². The number of aromatic carboxylic acids is 1. The zero-order chi connectivity index (χ0) is 15.0.